The normalized spacial score (nSPS) is 11.0. The number of fused-ring (bicyclic) bond motifs is 1. The molecule has 0 bridgehead atoms. The molecule has 0 saturated heterocycles. The van der Waals surface area contributed by atoms with Crippen LogP contribution in [-0.2, 0) is 11.3 Å². The highest BCUT2D eigenvalue weighted by Crippen LogP contribution is 2.25. The van der Waals surface area contributed by atoms with Crippen LogP contribution in [-0.4, -0.2) is 25.3 Å². The minimum absolute atomic E-state index is 0.306. The van der Waals surface area contributed by atoms with Crippen molar-refractivity contribution in [1.82, 2.24) is 19.4 Å². The van der Waals surface area contributed by atoms with E-state index in [0.29, 0.717) is 21.9 Å². The Labute approximate surface area is 169 Å². The van der Waals surface area contributed by atoms with E-state index in [4.69, 9.17) is 0 Å². The zero-order valence-corrected chi connectivity index (χ0v) is 16.2. The van der Waals surface area contributed by atoms with Crippen molar-refractivity contribution in [3.8, 4) is 0 Å². The summed E-state index contributed by atoms with van der Waals surface area (Å²) in [6, 6.07) is 17.2. The van der Waals surface area contributed by atoms with Gasteiger partial charge in [-0.2, -0.15) is 9.61 Å². The Morgan fingerprint density at radius 3 is 2.69 bits per heavy atom. The molecule has 7 nitrogen and oxygen atoms in total. The molecule has 0 radical (unpaired) electrons. The van der Waals surface area contributed by atoms with Crippen LogP contribution >= 0.6 is 11.8 Å². The van der Waals surface area contributed by atoms with E-state index in [2.05, 4.69) is 15.5 Å². The fraction of sp³-hybridized carbons (Fsp3) is 0.100. The maximum absolute atomic E-state index is 13.4. The van der Waals surface area contributed by atoms with Gasteiger partial charge >= 0.3 is 5.69 Å². The number of nitrogens with one attached hydrogen (secondary N) is 1. The van der Waals surface area contributed by atoms with Crippen LogP contribution in [0.2, 0.25) is 0 Å². The van der Waals surface area contributed by atoms with E-state index in [0.717, 1.165) is 14.1 Å². The number of carbonyl (C=O) groups is 1. The molecule has 9 heteroatoms. The molecule has 1 N–H and O–H groups in total. The summed E-state index contributed by atoms with van der Waals surface area (Å²) >= 11 is 1.42. The first-order valence-corrected chi connectivity index (χ1v) is 9.57. The number of halogens is 1. The standard InChI is InChI=1S/C20H16FN5O2S/c1-13-7-8-14(21)11-16(13)22-18(27)12-25-20(28)26-17(23-25)9-10-19(24-26)29-15-5-3-2-4-6-15/h2-11H,12H2,1H3,(H,22,27). The van der Waals surface area contributed by atoms with Crippen LogP contribution in [0.25, 0.3) is 5.65 Å². The molecule has 0 spiro atoms. The zero-order chi connectivity index (χ0) is 20.4. The first kappa shape index (κ1) is 18.9. The van der Waals surface area contributed by atoms with Crippen LogP contribution < -0.4 is 11.0 Å². The second-order valence-electron chi connectivity index (χ2n) is 6.30. The van der Waals surface area contributed by atoms with Crippen molar-refractivity contribution in [3.63, 3.8) is 0 Å². The van der Waals surface area contributed by atoms with Gasteiger partial charge < -0.3 is 5.32 Å². The Hall–Kier alpha value is -3.46. The van der Waals surface area contributed by atoms with Crippen molar-refractivity contribution >= 4 is 29.0 Å². The molecule has 0 aliphatic heterocycles. The first-order valence-electron chi connectivity index (χ1n) is 8.75. The molecule has 0 aliphatic carbocycles. The maximum atomic E-state index is 13.4. The van der Waals surface area contributed by atoms with Gasteiger partial charge in [0.15, 0.2) is 5.65 Å². The van der Waals surface area contributed by atoms with Crippen molar-refractivity contribution in [1.29, 1.82) is 0 Å². The fourth-order valence-electron chi connectivity index (χ4n) is 2.71. The van der Waals surface area contributed by atoms with E-state index in [1.807, 2.05) is 30.3 Å². The Kier molecular flexibility index (Phi) is 5.13. The number of benzene rings is 2. The number of amides is 1. The molecule has 2 heterocycles. The van der Waals surface area contributed by atoms with Gasteiger partial charge in [-0.15, -0.1) is 5.10 Å². The third-order valence-corrected chi connectivity index (χ3v) is 5.08. The third-order valence-electron chi connectivity index (χ3n) is 4.15. The quantitative estimate of drug-likeness (QED) is 0.548. The lowest BCUT2D eigenvalue weighted by Crippen LogP contribution is -2.29. The molecule has 2 aromatic heterocycles. The number of hydrogen-bond acceptors (Lipinski definition) is 5. The lowest BCUT2D eigenvalue weighted by molar-refractivity contribution is -0.117. The van der Waals surface area contributed by atoms with Crippen LogP contribution in [0.5, 0.6) is 0 Å². The molecule has 0 atom stereocenters. The molecule has 1 amide bonds. The number of hydrogen-bond donors (Lipinski definition) is 1. The molecule has 4 rings (SSSR count). The van der Waals surface area contributed by atoms with Gasteiger partial charge in [-0.1, -0.05) is 36.0 Å². The number of nitrogens with zero attached hydrogens (tertiary/aromatic N) is 4. The van der Waals surface area contributed by atoms with Crippen molar-refractivity contribution in [3.05, 3.63) is 82.5 Å². The minimum Gasteiger partial charge on any atom is -0.324 e. The summed E-state index contributed by atoms with van der Waals surface area (Å²) in [5, 5.41) is 11.7. The molecule has 0 saturated carbocycles. The molecular formula is C20H16FN5O2S. The van der Waals surface area contributed by atoms with Gasteiger partial charge in [-0.3, -0.25) is 4.79 Å². The number of carbonyl (C=O) groups excluding carboxylic acids is 1. The average molecular weight is 409 g/mol. The van der Waals surface area contributed by atoms with E-state index < -0.39 is 17.4 Å². The number of rotatable bonds is 5. The molecule has 0 unspecified atom stereocenters. The van der Waals surface area contributed by atoms with Gasteiger partial charge in [-0.05, 0) is 48.9 Å². The maximum Gasteiger partial charge on any atom is 0.367 e. The highest BCUT2D eigenvalue weighted by atomic mass is 32.2. The largest absolute Gasteiger partial charge is 0.367 e. The highest BCUT2D eigenvalue weighted by molar-refractivity contribution is 7.99. The van der Waals surface area contributed by atoms with Crippen LogP contribution in [0.4, 0.5) is 10.1 Å². The molecule has 29 heavy (non-hydrogen) atoms. The van der Waals surface area contributed by atoms with E-state index in [1.54, 1.807) is 25.1 Å². The molecule has 0 aliphatic rings. The van der Waals surface area contributed by atoms with Crippen LogP contribution in [0.3, 0.4) is 0 Å². The summed E-state index contributed by atoms with van der Waals surface area (Å²) in [4.78, 5) is 25.9. The average Bonchev–Trinajstić information content (AvgIpc) is 3.01. The number of aryl methyl sites for hydroxylation is 1. The highest BCUT2D eigenvalue weighted by Gasteiger charge is 2.13. The van der Waals surface area contributed by atoms with E-state index in [1.165, 1.54) is 23.9 Å². The lowest BCUT2D eigenvalue weighted by atomic mass is 10.2. The second kappa shape index (κ2) is 7.88. The summed E-state index contributed by atoms with van der Waals surface area (Å²) in [5.41, 5.74) is 0.876. The topological polar surface area (TPSA) is 81.3 Å². The zero-order valence-electron chi connectivity index (χ0n) is 15.4. The summed E-state index contributed by atoms with van der Waals surface area (Å²) in [7, 11) is 0. The molecule has 146 valence electrons. The van der Waals surface area contributed by atoms with Crippen LogP contribution in [0, 0.1) is 12.7 Å². The van der Waals surface area contributed by atoms with E-state index in [-0.39, 0.29) is 6.54 Å². The van der Waals surface area contributed by atoms with Gasteiger partial charge in [0.1, 0.15) is 17.4 Å². The predicted octanol–water partition coefficient (Wildman–Crippen LogP) is 3.13. The van der Waals surface area contributed by atoms with E-state index in [9.17, 15) is 14.0 Å². The van der Waals surface area contributed by atoms with Gasteiger partial charge in [-0.25, -0.2) is 13.9 Å². The van der Waals surface area contributed by atoms with Gasteiger partial charge in [0.2, 0.25) is 5.91 Å². The van der Waals surface area contributed by atoms with Crippen molar-refractivity contribution < 1.29 is 9.18 Å². The Morgan fingerprint density at radius 1 is 1.10 bits per heavy atom. The predicted molar refractivity (Wildman–Crippen MR) is 108 cm³/mol. The van der Waals surface area contributed by atoms with E-state index >= 15 is 0 Å². The summed E-state index contributed by atoms with van der Waals surface area (Å²) in [6.45, 7) is 1.45. The van der Waals surface area contributed by atoms with Crippen molar-refractivity contribution in [2.24, 2.45) is 0 Å². The molecular weight excluding hydrogens is 393 g/mol. The smallest absolute Gasteiger partial charge is 0.324 e. The lowest BCUT2D eigenvalue weighted by Gasteiger charge is -2.07. The Balaban J connectivity index is 1.55. The SMILES string of the molecule is Cc1ccc(F)cc1NC(=O)Cn1nc2ccc(Sc3ccccc3)nn2c1=O. The van der Waals surface area contributed by atoms with Crippen molar-refractivity contribution in [2.45, 2.75) is 23.4 Å². The number of anilines is 1. The van der Waals surface area contributed by atoms with Gasteiger partial charge in [0, 0.05) is 10.6 Å². The molecule has 4 aromatic rings. The third kappa shape index (κ3) is 4.19. The first-order chi connectivity index (χ1) is 14.0. The molecule has 2 aromatic carbocycles. The van der Waals surface area contributed by atoms with Crippen LogP contribution in [0.15, 0.2) is 75.4 Å². The minimum atomic E-state index is -0.526. The number of aromatic nitrogens is 4. The second-order valence-corrected chi connectivity index (χ2v) is 7.40. The van der Waals surface area contributed by atoms with Gasteiger partial charge in [0.25, 0.3) is 0 Å². The fourth-order valence-corrected chi connectivity index (χ4v) is 3.51. The monoisotopic (exact) mass is 409 g/mol. The van der Waals surface area contributed by atoms with Crippen molar-refractivity contribution in [2.75, 3.05) is 5.32 Å². The summed E-state index contributed by atoms with van der Waals surface area (Å²) in [6.07, 6.45) is 0. The Bertz CT molecular complexity index is 1250. The van der Waals surface area contributed by atoms with Gasteiger partial charge in [0.05, 0.1) is 0 Å². The Morgan fingerprint density at radius 2 is 1.90 bits per heavy atom. The summed E-state index contributed by atoms with van der Waals surface area (Å²) < 4.78 is 15.6. The molecule has 0 fully saturated rings. The van der Waals surface area contributed by atoms with Crippen LogP contribution in [0.1, 0.15) is 5.56 Å². The summed E-state index contributed by atoms with van der Waals surface area (Å²) in [5.74, 6) is -0.938.